The second kappa shape index (κ2) is 4.93. The molecule has 4 heteroatoms. The molecule has 0 amide bonds. The predicted octanol–water partition coefficient (Wildman–Crippen LogP) is -0.540. The molecule has 0 aliphatic carbocycles. The number of para-hydroxylation sites is 2. The number of hydrogen-bond donors (Lipinski definition) is 0. The number of hydrogen-bond acceptors (Lipinski definition) is 2. The maximum atomic E-state index is 11.7. The number of aromatic amines is 1. The summed E-state index contributed by atoms with van der Waals surface area (Å²) in [7, 11) is 0. The van der Waals surface area contributed by atoms with E-state index in [1.54, 1.807) is 23.5 Å². The Labute approximate surface area is 115 Å². The van der Waals surface area contributed by atoms with Crippen molar-refractivity contribution in [3.05, 3.63) is 48.5 Å². The predicted molar refractivity (Wildman–Crippen MR) is 63.3 cm³/mol. The average molecular weight is 234 g/mol. The molecule has 17 heavy (non-hydrogen) atoms. The summed E-state index contributed by atoms with van der Waals surface area (Å²) >= 11 is 1.61. The molecular weight excluding hydrogens is 225 g/mol. The van der Waals surface area contributed by atoms with Crippen LogP contribution in [0.15, 0.2) is 48.5 Å². The van der Waals surface area contributed by atoms with Crippen LogP contribution in [0.2, 0.25) is 0 Å². The molecule has 0 bridgehead atoms. The quantitative estimate of drug-likeness (QED) is 0.521. The summed E-state index contributed by atoms with van der Waals surface area (Å²) in [4.78, 5) is 3.27. The van der Waals surface area contributed by atoms with Crippen LogP contribution < -0.4 is 29.0 Å². The normalized spacial score (nSPS) is 10.1. The molecule has 0 saturated carbocycles. The molecule has 0 spiro atoms. The second-order valence-electron chi connectivity index (χ2n) is 3.55. The minimum Gasteiger partial charge on any atom is -0.872 e. The molecule has 0 aliphatic heterocycles. The van der Waals surface area contributed by atoms with Gasteiger partial charge in [0.1, 0.15) is 4.70 Å². The number of rotatable bonds is 1. The fraction of sp³-hybridized carbons (Fsp3) is 0. The monoisotopic (exact) mass is 234 g/mol. The third-order valence-electron chi connectivity index (χ3n) is 2.48. The average Bonchev–Trinajstić information content (AvgIpc) is 2.73. The summed E-state index contributed by atoms with van der Waals surface area (Å²) in [6.45, 7) is 0. The van der Waals surface area contributed by atoms with E-state index in [4.69, 9.17) is 0 Å². The molecule has 78 valence electrons. The zero-order valence-electron chi connectivity index (χ0n) is 9.44. The zero-order chi connectivity index (χ0) is 11.0. The summed E-state index contributed by atoms with van der Waals surface area (Å²) in [5, 5.41) is 12.6. The Bertz CT molecular complexity index is 617. The van der Waals surface area contributed by atoms with E-state index in [0.29, 0.717) is 0 Å². The molecule has 2 aromatic carbocycles. The van der Waals surface area contributed by atoms with E-state index in [2.05, 4.69) is 4.98 Å². The first-order chi connectivity index (χ1) is 7.84. The van der Waals surface area contributed by atoms with Crippen molar-refractivity contribution in [2.45, 2.75) is 0 Å². The van der Waals surface area contributed by atoms with Gasteiger partial charge in [0.15, 0.2) is 0 Å². The molecule has 3 aromatic rings. The maximum absolute atomic E-state index is 11.7. The third kappa shape index (κ3) is 2.23. The fourth-order valence-corrected chi connectivity index (χ4v) is 2.73. The van der Waals surface area contributed by atoms with Gasteiger partial charge in [0.25, 0.3) is 5.01 Å². The van der Waals surface area contributed by atoms with Crippen molar-refractivity contribution in [3.63, 3.8) is 0 Å². The van der Waals surface area contributed by atoms with Crippen molar-refractivity contribution in [3.8, 4) is 16.3 Å². The van der Waals surface area contributed by atoms with Crippen LogP contribution in [-0.2, 0) is 0 Å². The summed E-state index contributed by atoms with van der Waals surface area (Å²) in [6, 6.07) is 15.1. The zero-order valence-corrected chi connectivity index (χ0v) is 10.3. The standard InChI is InChI=1S/C13H9NOS.Li/c15-11-7-3-1-5-9(11)13-14-10-6-2-4-8-12(10)16-13;/h1-8,15H;/q;+1. The first-order valence-corrected chi connectivity index (χ1v) is 5.83. The van der Waals surface area contributed by atoms with Crippen LogP contribution >= 0.6 is 11.3 Å². The van der Waals surface area contributed by atoms with Crippen LogP contribution in [0.4, 0.5) is 0 Å². The van der Waals surface area contributed by atoms with Crippen molar-refractivity contribution >= 4 is 21.6 Å². The molecular formula is C13H9LiNOS+. The van der Waals surface area contributed by atoms with Gasteiger partial charge in [-0.1, -0.05) is 47.4 Å². The van der Waals surface area contributed by atoms with Crippen molar-refractivity contribution < 1.29 is 29.0 Å². The van der Waals surface area contributed by atoms with Crippen molar-refractivity contribution in [2.75, 3.05) is 0 Å². The molecule has 0 saturated heterocycles. The van der Waals surface area contributed by atoms with Crippen LogP contribution in [0.25, 0.3) is 20.8 Å². The maximum Gasteiger partial charge on any atom is 1.00 e. The first kappa shape index (κ1) is 12.2. The molecule has 1 N–H and O–H groups in total. The van der Waals surface area contributed by atoms with Gasteiger partial charge in [0.05, 0.1) is 0 Å². The number of H-pyrrole nitrogens is 1. The SMILES string of the molecule is [Li+].[O-]c1ccccc1-c1[nH+]c2ccccc2s1. The molecule has 3 rings (SSSR count). The van der Waals surface area contributed by atoms with Gasteiger partial charge in [-0.3, -0.25) is 0 Å². The minimum atomic E-state index is 0. The Morgan fingerprint density at radius 2 is 1.65 bits per heavy atom. The summed E-state index contributed by atoms with van der Waals surface area (Å²) in [6.07, 6.45) is 0. The largest absolute Gasteiger partial charge is 1.00 e. The Morgan fingerprint density at radius 1 is 0.941 bits per heavy atom. The number of benzene rings is 2. The smallest absolute Gasteiger partial charge is 0.872 e. The fourth-order valence-electron chi connectivity index (χ4n) is 1.69. The first-order valence-electron chi connectivity index (χ1n) is 5.02. The van der Waals surface area contributed by atoms with E-state index in [9.17, 15) is 5.11 Å². The van der Waals surface area contributed by atoms with Crippen LogP contribution in [0.3, 0.4) is 0 Å². The van der Waals surface area contributed by atoms with Crippen LogP contribution in [-0.4, -0.2) is 0 Å². The summed E-state index contributed by atoms with van der Waals surface area (Å²) in [5.74, 6) is 0.0605. The number of thiazole rings is 1. The Balaban J connectivity index is 0.00000108. The van der Waals surface area contributed by atoms with E-state index >= 15 is 0 Å². The number of fused-ring (bicyclic) bond motifs is 1. The minimum absolute atomic E-state index is 0. The van der Waals surface area contributed by atoms with Gasteiger partial charge >= 0.3 is 18.9 Å². The molecule has 1 heterocycles. The Kier molecular flexibility index (Phi) is 3.54. The molecule has 0 aliphatic rings. The van der Waals surface area contributed by atoms with Crippen molar-refractivity contribution in [1.82, 2.24) is 0 Å². The number of aromatic nitrogens is 1. The van der Waals surface area contributed by atoms with Gasteiger partial charge < -0.3 is 5.11 Å². The van der Waals surface area contributed by atoms with E-state index < -0.39 is 0 Å². The van der Waals surface area contributed by atoms with Crippen molar-refractivity contribution in [2.24, 2.45) is 0 Å². The van der Waals surface area contributed by atoms with Gasteiger partial charge in [0, 0.05) is 11.6 Å². The van der Waals surface area contributed by atoms with Crippen LogP contribution in [0.1, 0.15) is 0 Å². The molecule has 0 fully saturated rings. The summed E-state index contributed by atoms with van der Waals surface area (Å²) in [5.41, 5.74) is 1.81. The number of nitrogens with one attached hydrogen (secondary N) is 1. The third-order valence-corrected chi connectivity index (χ3v) is 3.58. The van der Waals surface area contributed by atoms with Crippen molar-refractivity contribution in [1.29, 1.82) is 0 Å². The van der Waals surface area contributed by atoms with Gasteiger partial charge in [-0.15, -0.1) is 0 Å². The van der Waals surface area contributed by atoms with E-state index in [1.165, 1.54) is 4.70 Å². The van der Waals surface area contributed by atoms with Crippen LogP contribution in [0.5, 0.6) is 5.75 Å². The van der Waals surface area contributed by atoms with Gasteiger partial charge in [-0.2, -0.15) is 4.98 Å². The molecule has 1 aromatic heterocycles. The van der Waals surface area contributed by atoms with E-state index in [-0.39, 0.29) is 24.6 Å². The Hall–Kier alpha value is -1.27. The topological polar surface area (TPSA) is 37.2 Å². The Morgan fingerprint density at radius 3 is 2.41 bits per heavy atom. The van der Waals surface area contributed by atoms with Gasteiger partial charge in [-0.05, 0) is 12.1 Å². The van der Waals surface area contributed by atoms with E-state index in [0.717, 1.165) is 16.1 Å². The van der Waals surface area contributed by atoms with Gasteiger partial charge in [-0.25, -0.2) is 0 Å². The van der Waals surface area contributed by atoms with Crippen LogP contribution in [0, 0.1) is 0 Å². The molecule has 0 radical (unpaired) electrons. The molecule has 0 atom stereocenters. The van der Waals surface area contributed by atoms with Gasteiger partial charge in [0.2, 0.25) is 5.52 Å². The summed E-state index contributed by atoms with van der Waals surface area (Å²) < 4.78 is 1.17. The second-order valence-corrected chi connectivity index (χ2v) is 4.60. The van der Waals surface area contributed by atoms with E-state index in [1.807, 2.05) is 36.4 Å². The molecule has 2 nitrogen and oxygen atoms in total. The molecule has 0 unspecified atom stereocenters.